The Morgan fingerprint density at radius 3 is 2.74 bits per heavy atom. The van der Waals surface area contributed by atoms with E-state index in [1.165, 1.54) is 37.3 Å². The SMILES string of the molecule is CCO/C(O)=C(/C#N)C1c2cc(C(=O)OC)ccc2C(=O)N1C. The number of hydrogen-bond acceptors (Lipinski definition) is 6. The van der Waals surface area contributed by atoms with Crippen LogP contribution in [-0.4, -0.2) is 42.6 Å². The highest BCUT2D eigenvalue weighted by Crippen LogP contribution is 2.38. The smallest absolute Gasteiger partial charge is 0.337 e. The minimum absolute atomic E-state index is 0.0940. The molecule has 1 atom stereocenters. The second-order valence-corrected chi connectivity index (χ2v) is 4.88. The van der Waals surface area contributed by atoms with Gasteiger partial charge in [-0.3, -0.25) is 4.79 Å². The van der Waals surface area contributed by atoms with Crippen molar-refractivity contribution in [1.82, 2.24) is 4.90 Å². The summed E-state index contributed by atoms with van der Waals surface area (Å²) in [5.74, 6) is -1.39. The molecule has 1 heterocycles. The lowest BCUT2D eigenvalue weighted by atomic mass is 9.97. The fraction of sp³-hybridized carbons (Fsp3) is 0.312. The van der Waals surface area contributed by atoms with Crippen LogP contribution >= 0.6 is 0 Å². The van der Waals surface area contributed by atoms with Crippen LogP contribution in [0.4, 0.5) is 0 Å². The van der Waals surface area contributed by atoms with Gasteiger partial charge in [-0.15, -0.1) is 0 Å². The zero-order valence-corrected chi connectivity index (χ0v) is 13.0. The molecule has 23 heavy (non-hydrogen) atoms. The standard InChI is InChI=1S/C16H16N2O5/c1-4-23-16(21)12(8-17)13-11-7-9(15(20)22-3)5-6-10(11)14(19)18(13)2/h5-7,13,21H,4H2,1-3H3/b16-12-. The van der Waals surface area contributed by atoms with Crippen molar-refractivity contribution in [2.75, 3.05) is 20.8 Å². The number of amides is 1. The minimum Gasteiger partial charge on any atom is -0.480 e. The second kappa shape index (κ2) is 6.40. The first kappa shape index (κ1) is 16.4. The number of rotatable bonds is 4. The molecule has 0 spiro atoms. The summed E-state index contributed by atoms with van der Waals surface area (Å²) in [5, 5.41) is 19.3. The third-order valence-corrected chi connectivity index (χ3v) is 3.61. The van der Waals surface area contributed by atoms with Gasteiger partial charge < -0.3 is 19.5 Å². The number of carbonyl (C=O) groups is 2. The van der Waals surface area contributed by atoms with Crippen LogP contribution in [0.2, 0.25) is 0 Å². The first-order valence-corrected chi connectivity index (χ1v) is 6.91. The number of nitrogens with zero attached hydrogens (tertiary/aromatic N) is 2. The van der Waals surface area contributed by atoms with Gasteiger partial charge in [0, 0.05) is 12.6 Å². The summed E-state index contributed by atoms with van der Waals surface area (Å²) in [6.45, 7) is 1.84. The molecule has 1 N–H and O–H groups in total. The van der Waals surface area contributed by atoms with Crippen LogP contribution in [0, 0.1) is 11.3 Å². The molecule has 7 heteroatoms. The summed E-state index contributed by atoms with van der Waals surface area (Å²) in [4.78, 5) is 25.3. The Bertz CT molecular complexity index is 732. The van der Waals surface area contributed by atoms with Crippen LogP contribution in [-0.2, 0) is 9.47 Å². The largest absolute Gasteiger partial charge is 0.480 e. The molecule has 0 fully saturated rings. The Kier molecular flexibility index (Phi) is 4.55. The summed E-state index contributed by atoms with van der Waals surface area (Å²) in [6.07, 6.45) is 0. The summed E-state index contributed by atoms with van der Waals surface area (Å²) < 4.78 is 9.66. The number of benzene rings is 1. The predicted molar refractivity (Wildman–Crippen MR) is 79.5 cm³/mol. The summed E-state index contributed by atoms with van der Waals surface area (Å²) in [7, 11) is 2.77. The van der Waals surface area contributed by atoms with Crippen LogP contribution in [0.15, 0.2) is 29.7 Å². The lowest BCUT2D eigenvalue weighted by Gasteiger charge is -2.20. The van der Waals surface area contributed by atoms with E-state index in [-0.39, 0.29) is 23.7 Å². The first-order valence-electron chi connectivity index (χ1n) is 6.91. The van der Waals surface area contributed by atoms with Crippen LogP contribution < -0.4 is 0 Å². The number of esters is 1. The van der Waals surface area contributed by atoms with Crippen LogP contribution in [0.5, 0.6) is 0 Å². The molecule has 7 nitrogen and oxygen atoms in total. The van der Waals surface area contributed by atoms with Crippen molar-refractivity contribution in [3.63, 3.8) is 0 Å². The van der Waals surface area contributed by atoms with Gasteiger partial charge in [-0.25, -0.2) is 4.79 Å². The molecule has 2 rings (SSSR count). The van der Waals surface area contributed by atoms with Crippen molar-refractivity contribution in [2.24, 2.45) is 0 Å². The molecular formula is C16H16N2O5. The minimum atomic E-state index is -0.821. The van der Waals surface area contributed by atoms with Crippen molar-refractivity contribution in [2.45, 2.75) is 13.0 Å². The number of hydrogen-bond donors (Lipinski definition) is 1. The fourth-order valence-corrected chi connectivity index (χ4v) is 2.53. The molecule has 120 valence electrons. The average molecular weight is 316 g/mol. The van der Waals surface area contributed by atoms with Crippen molar-refractivity contribution in [3.8, 4) is 6.07 Å². The Labute approximate surface area is 133 Å². The number of fused-ring (bicyclic) bond motifs is 1. The van der Waals surface area contributed by atoms with Crippen LogP contribution in [0.1, 0.15) is 39.2 Å². The zero-order chi connectivity index (χ0) is 17.1. The summed E-state index contributed by atoms with van der Waals surface area (Å²) in [5.41, 5.74) is 0.974. The van der Waals surface area contributed by atoms with Crippen molar-refractivity contribution >= 4 is 11.9 Å². The van der Waals surface area contributed by atoms with Gasteiger partial charge in [0.05, 0.1) is 19.3 Å². The Hall–Kier alpha value is -3.01. The van der Waals surface area contributed by atoms with E-state index in [0.717, 1.165) is 0 Å². The van der Waals surface area contributed by atoms with E-state index in [1.54, 1.807) is 6.92 Å². The number of likely N-dealkylation sites (N-methyl/N-ethyl adjacent to an activating group) is 1. The maximum absolute atomic E-state index is 12.3. The molecule has 0 aliphatic carbocycles. The number of ether oxygens (including phenoxy) is 2. The average Bonchev–Trinajstić information content (AvgIpc) is 2.80. The molecule has 0 saturated carbocycles. The van der Waals surface area contributed by atoms with Crippen LogP contribution in [0.3, 0.4) is 0 Å². The van der Waals surface area contributed by atoms with Gasteiger partial charge >= 0.3 is 5.97 Å². The van der Waals surface area contributed by atoms with Gasteiger partial charge in [-0.1, -0.05) is 0 Å². The molecule has 1 aromatic carbocycles. The monoisotopic (exact) mass is 316 g/mol. The molecule has 1 aliphatic heterocycles. The molecule has 1 amide bonds. The molecule has 1 unspecified atom stereocenters. The molecule has 1 aromatic rings. The molecular weight excluding hydrogens is 300 g/mol. The van der Waals surface area contributed by atoms with Crippen molar-refractivity contribution in [3.05, 3.63) is 46.4 Å². The lowest BCUT2D eigenvalue weighted by Crippen LogP contribution is -2.25. The normalized spacial score (nSPS) is 17.2. The number of nitriles is 1. The Morgan fingerprint density at radius 1 is 1.48 bits per heavy atom. The topological polar surface area (TPSA) is 99.9 Å². The highest BCUT2D eigenvalue weighted by Gasteiger charge is 2.39. The Morgan fingerprint density at radius 2 is 2.17 bits per heavy atom. The van der Waals surface area contributed by atoms with E-state index in [2.05, 4.69) is 4.74 Å². The second-order valence-electron chi connectivity index (χ2n) is 4.88. The van der Waals surface area contributed by atoms with Crippen molar-refractivity contribution in [1.29, 1.82) is 5.26 Å². The molecule has 0 saturated heterocycles. The number of methoxy groups -OCH3 is 1. The van der Waals surface area contributed by atoms with Gasteiger partial charge in [-0.05, 0) is 30.7 Å². The number of aliphatic hydroxyl groups is 1. The lowest BCUT2D eigenvalue weighted by molar-refractivity contribution is 0.0600. The van der Waals surface area contributed by atoms with Crippen molar-refractivity contribution < 1.29 is 24.2 Å². The molecule has 0 radical (unpaired) electrons. The van der Waals surface area contributed by atoms with Crippen LogP contribution in [0.25, 0.3) is 0 Å². The van der Waals surface area contributed by atoms with E-state index in [0.29, 0.717) is 11.1 Å². The molecule has 1 aliphatic rings. The Balaban J connectivity index is 2.60. The summed E-state index contributed by atoms with van der Waals surface area (Å²) in [6, 6.07) is 5.54. The third-order valence-electron chi connectivity index (χ3n) is 3.61. The highest BCUT2D eigenvalue weighted by atomic mass is 16.6. The maximum Gasteiger partial charge on any atom is 0.337 e. The van der Waals surface area contributed by atoms with E-state index >= 15 is 0 Å². The molecule has 0 aromatic heterocycles. The van der Waals surface area contributed by atoms with E-state index in [4.69, 9.17) is 4.74 Å². The molecule has 0 bridgehead atoms. The summed E-state index contributed by atoms with van der Waals surface area (Å²) >= 11 is 0. The third kappa shape index (κ3) is 2.71. The zero-order valence-electron chi connectivity index (χ0n) is 13.0. The number of carbonyl (C=O) groups excluding carboxylic acids is 2. The highest BCUT2D eigenvalue weighted by molar-refractivity contribution is 6.01. The van der Waals surface area contributed by atoms with Gasteiger partial charge in [0.2, 0.25) is 0 Å². The van der Waals surface area contributed by atoms with Gasteiger partial charge in [-0.2, -0.15) is 5.26 Å². The van der Waals surface area contributed by atoms with E-state index < -0.39 is 18.0 Å². The quantitative estimate of drug-likeness (QED) is 0.517. The number of aliphatic hydroxyl groups excluding tert-OH is 1. The van der Waals surface area contributed by atoms with E-state index in [1.807, 2.05) is 6.07 Å². The maximum atomic E-state index is 12.3. The van der Waals surface area contributed by atoms with Gasteiger partial charge in [0.15, 0.2) is 0 Å². The van der Waals surface area contributed by atoms with E-state index in [9.17, 15) is 20.0 Å². The predicted octanol–water partition coefficient (Wildman–Crippen LogP) is 1.93. The van der Waals surface area contributed by atoms with Gasteiger partial charge in [0.1, 0.15) is 17.7 Å². The van der Waals surface area contributed by atoms with Gasteiger partial charge in [0.25, 0.3) is 11.9 Å². The fourth-order valence-electron chi connectivity index (χ4n) is 2.53. The first-order chi connectivity index (χ1) is 11.0.